The van der Waals surface area contributed by atoms with Crippen molar-refractivity contribution < 1.29 is 13.6 Å². The largest absolute Gasteiger partial charge is 0.341 e. The van der Waals surface area contributed by atoms with Crippen LogP contribution in [0.4, 0.5) is 20.5 Å². The second-order valence-corrected chi connectivity index (χ2v) is 8.62. The monoisotopic (exact) mass is 478 g/mol. The number of hydrogen-bond donors (Lipinski definition) is 1. The van der Waals surface area contributed by atoms with E-state index in [2.05, 4.69) is 25.4 Å². The molecule has 0 saturated heterocycles. The van der Waals surface area contributed by atoms with E-state index in [1.54, 1.807) is 22.0 Å². The van der Waals surface area contributed by atoms with Gasteiger partial charge in [-0.3, -0.25) is 14.5 Å². The van der Waals surface area contributed by atoms with Crippen molar-refractivity contribution in [1.29, 1.82) is 0 Å². The van der Waals surface area contributed by atoms with Crippen molar-refractivity contribution >= 4 is 17.7 Å². The van der Waals surface area contributed by atoms with Crippen LogP contribution in [0.5, 0.6) is 0 Å². The molecule has 11 heteroatoms. The molecule has 9 nitrogen and oxygen atoms in total. The molecule has 0 fully saturated rings. The maximum Gasteiger partial charge on any atom is 0.271 e. The highest BCUT2D eigenvalue weighted by Gasteiger charge is 2.31. The van der Waals surface area contributed by atoms with Gasteiger partial charge in [-0.25, -0.2) is 18.7 Å². The van der Waals surface area contributed by atoms with Crippen LogP contribution in [-0.2, 0) is 20.1 Å². The lowest BCUT2D eigenvalue weighted by Gasteiger charge is -2.34. The molecule has 0 bridgehead atoms. The predicted octanol–water partition coefficient (Wildman–Crippen LogP) is 4.11. The summed E-state index contributed by atoms with van der Waals surface area (Å²) in [4.78, 5) is 28.3. The highest BCUT2D eigenvalue weighted by Crippen LogP contribution is 2.29. The van der Waals surface area contributed by atoms with Crippen LogP contribution in [0.2, 0.25) is 0 Å². The fourth-order valence-electron chi connectivity index (χ4n) is 4.23. The smallest absolute Gasteiger partial charge is 0.271 e. The zero-order chi connectivity index (χ0) is 24.7. The summed E-state index contributed by atoms with van der Waals surface area (Å²) in [7, 11) is 1.82. The number of aryl methyl sites for hydroxylation is 2. The first-order valence-corrected chi connectivity index (χ1v) is 11.1. The summed E-state index contributed by atoms with van der Waals surface area (Å²) in [6.07, 6.45) is 4.10. The van der Waals surface area contributed by atoms with E-state index in [9.17, 15) is 13.6 Å². The molecule has 0 saturated carbocycles. The van der Waals surface area contributed by atoms with Gasteiger partial charge in [0.1, 0.15) is 11.5 Å². The molecule has 180 valence electrons. The molecule has 0 unspecified atom stereocenters. The second-order valence-electron chi connectivity index (χ2n) is 8.62. The molecule has 1 amide bonds. The minimum absolute atomic E-state index is 0.104. The molecule has 1 atom stereocenters. The maximum atomic E-state index is 13.4. The first kappa shape index (κ1) is 22.6. The number of anilines is 2. The number of pyridine rings is 1. The number of carbonyl (C=O) groups excluding carboxylic acids is 1. The average Bonchev–Trinajstić information content (AvgIpc) is 3.44. The number of halogens is 2. The maximum absolute atomic E-state index is 13.4. The normalized spacial score (nSPS) is 15.5. The molecule has 4 aromatic heterocycles. The first-order chi connectivity index (χ1) is 16.8. The van der Waals surface area contributed by atoms with E-state index in [1.807, 2.05) is 43.8 Å². The molecule has 1 aliphatic rings. The minimum atomic E-state index is -2.58. The van der Waals surface area contributed by atoms with Crippen molar-refractivity contribution in [3.05, 3.63) is 71.6 Å². The van der Waals surface area contributed by atoms with Gasteiger partial charge in [-0.1, -0.05) is 0 Å². The van der Waals surface area contributed by atoms with Crippen molar-refractivity contribution in [3.63, 3.8) is 0 Å². The number of hydrogen-bond acceptors (Lipinski definition) is 6. The van der Waals surface area contributed by atoms with E-state index in [0.29, 0.717) is 29.6 Å². The molecule has 4 aromatic rings. The van der Waals surface area contributed by atoms with Crippen LogP contribution in [-0.4, -0.2) is 46.1 Å². The van der Waals surface area contributed by atoms with Crippen molar-refractivity contribution in [2.75, 3.05) is 5.32 Å². The van der Waals surface area contributed by atoms with Crippen LogP contribution in [0.25, 0.3) is 11.3 Å². The Bertz CT molecular complexity index is 1400. The van der Waals surface area contributed by atoms with Crippen LogP contribution in [0.3, 0.4) is 0 Å². The zero-order valence-electron chi connectivity index (χ0n) is 19.5. The molecule has 0 radical (unpaired) electrons. The van der Waals surface area contributed by atoms with Gasteiger partial charge in [0.05, 0.1) is 24.1 Å². The Morgan fingerprint density at radius 2 is 2.03 bits per heavy atom. The Balaban J connectivity index is 1.42. The molecule has 35 heavy (non-hydrogen) atoms. The third-order valence-electron chi connectivity index (χ3n) is 6.10. The fraction of sp³-hybridized carbons (Fsp3) is 0.292. The lowest BCUT2D eigenvalue weighted by atomic mass is 10.1. The lowest BCUT2D eigenvalue weighted by molar-refractivity contribution is 0.0592. The molecule has 0 aliphatic carbocycles. The highest BCUT2D eigenvalue weighted by molar-refractivity contribution is 5.95. The Hall–Kier alpha value is -4.15. The topological polar surface area (TPSA) is 93.8 Å². The van der Waals surface area contributed by atoms with Gasteiger partial charge in [0.2, 0.25) is 5.95 Å². The number of aromatic nitrogens is 6. The van der Waals surface area contributed by atoms with Gasteiger partial charge in [-0.2, -0.15) is 5.10 Å². The minimum Gasteiger partial charge on any atom is -0.341 e. The lowest BCUT2D eigenvalue weighted by Crippen LogP contribution is -2.45. The zero-order valence-corrected chi connectivity index (χ0v) is 19.5. The highest BCUT2D eigenvalue weighted by atomic mass is 19.3. The van der Waals surface area contributed by atoms with Crippen LogP contribution in [0.1, 0.15) is 40.7 Å². The molecular formula is C24H24F2N8O. The third-order valence-corrected chi connectivity index (χ3v) is 6.10. The first-order valence-electron chi connectivity index (χ1n) is 11.1. The molecule has 0 spiro atoms. The van der Waals surface area contributed by atoms with E-state index in [0.717, 1.165) is 16.9 Å². The molecule has 1 aliphatic heterocycles. The van der Waals surface area contributed by atoms with Gasteiger partial charge in [0, 0.05) is 55.4 Å². The molecule has 1 N–H and O–H groups in total. The summed E-state index contributed by atoms with van der Waals surface area (Å²) >= 11 is 0. The van der Waals surface area contributed by atoms with Gasteiger partial charge >= 0.3 is 0 Å². The quantitative estimate of drug-likeness (QED) is 0.448. The van der Waals surface area contributed by atoms with Gasteiger partial charge in [0.25, 0.3) is 12.3 Å². The third kappa shape index (κ3) is 4.36. The predicted molar refractivity (Wildman–Crippen MR) is 125 cm³/mol. The van der Waals surface area contributed by atoms with Crippen molar-refractivity contribution in [1.82, 2.24) is 34.2 Å². The Labute approximate surface area is 200 Å². The number of amides is 1. The Morgan fingerprint density at radius 1 is 1.20 bits per heavy atom. The molecular weight excluding hydrogens is 454 g/mol. The number of alkyl halides is 2. The number of nitrogens with zero attached hydrogens (tertiary/aromatic N) is 7. The average molecular weight is 479 g/mol. The van der Waals surface area contributed by atoms with Crippen molar-refractivity contribution in [2.24, 2.45) is 7.05 Å². The number of nitrogens with one attached hydrogen (secondary N) is 1. The van der Waals surface area contributed by atoms with E-state index < -0.39 is 6.43 Å². The summed E-state index contributed by atoms with van der Waals surface area (Å²) < 4.78 is 29.8. The number of rotatable bonds is 6. The fourth-order valence-corrected chi connectivity index (χ4v) is 4.23. The second kappa shape index (κ2) is 8.90. The van der Waals surface area contributed by atoms with E-state index in [1.165, 1.54) is 18.3 Å². The molecule has 5 heterocycles. The SMILES string of the molecule is Cc1cnc(Nc2ccnn2C)nc1-c1cc2n(c1)C[C@@H](C)N(Cc1cc(C(F)F)ccn1)C2=O. The van der Waals surface area contributed by atoms with E-state index in [4.69, 9.17) is 0 Å². The summed E-state index contributed by atoms with van der Waals surface area (Å²) in [6.45, 7) is 4.58. The summed E-state index contributed by atoms with van der Waals surface area (Å²) in [6, 6.07) is 6.13. The van der Waals surface area contributed by atoms with E-state index in [-0.39, 0.29) is 24.1 Å². The van der Waals surface area contributed by atoms with Crippen molar-refractivity contribution in [2.45, 2.75) is 39.4 Å². The van der Waals surface area contributed by atoms with Crippen LogP contribution in [0.15, 0.2) is 49.1 Å². The van der Waals surface area contributed by atoms with Crippen molar-refractivity contribution in [3.8, 4) is 11.3 Å². The van der Waals surface area contributed by atoms with Gasteiger partial charge in [-0.15, -0.1) is 0 Å². The Kier molecular flexibility index (Phi) is 5.75. The molecule has 5 rings (SSSR count). The van der Waals surface area contributed by atoms with Gasteiger partial charge in [-0.05, 0) is 37.6 Å². The van der Waals surface area contributed by atoms with Crippen LogP contribution < -0.4 is 5.32 Å². The summed E-state index contributed by atoms with van der Waals surface area (Å²) in [5, 5.41) is 7.28. The molecule has 0 aromatic carbocycles. The van der Waals surface area contributed by atoms with Crippen LogP contribution >= 0.6 is 0 Å². The number of fused-ring (bicyclic) bond motifs is 1. The standard InChI is InChI=1S/C24H24F2N8O/c1-14-10-28-24(30-20-5-7-29-32(20)3)31-21(14)17-9-19-23(35)34(15(2)11-33(19)12-17)13-18-8-16(22(25)26)4-6-27-18/h4-10,12,15,22H,11,13H2,1-3H3,(H,28,30,31)/t15-/m1/s1. The summed E-state index contributed by atoms with van der Waals surface area (Å²) in [5.74, 6) is 0.990. The van der Waals surface area contributed by atoms with Gasteiger partial charge in [0.15, 0.2) is 0 Å². The van der Waals surface area contributed by atoms with Crippen LogP contribution in [0, 0.1) is 6.92 Å². The van der Waals surface area contributed by atoms with E-state index >= 15 is 0 Å². The van der Waals surface area contributed by atoms with Gasteiger partial charge < -0.3 is 14.8 Å². The number of carbonyl (C=O) groups is 1. The summed E-state index contributed by atoms with van der Waals surface area (Å²) in [5.41, 5.74) is 3.22. The Morgan fingerprint density at radius 3 is 2.77 bits per heavy atom.